The van der Waals surface area contributed by atoms with Gasteiger partial charge in [-0.25, -0.2) is 0 Å². The van der Waals surface area contributed by atoms with Crippen LogP contribution in [0.2, 0.25) is 0 Å². The monoisotopic (exact) mass is 217 g/mol. The number of furan rings is 1. The number of benzene rings is 1. The van der Waals surface area contributed by atoms with Gasteiger partial charge in [0.15, 0.2) is 0 Å². The van der Waals surface area contributed by atoms with Crippen LogP contribution >= 0.6 is 0 Å². The maximum Gasteiger partial charge on any atom is 0.134 e. The second kappa shape index (κ2) is 3.92. The lowest BCUT2D eigenvalue weighted by atomic mass is 10.1. The van der Waals surface area contributed by atoms with Crippen LogP contribution in [0.25, 0.3) is 11.0 Å². The van der Waals surface area contributed by atoms with Gasteiger partial charge < -0.3 is 14.5 Å². The van der Waals surface area contributed by atoms with E-state index in [9.17, 15) is 0 Å². The molecular formula is C13H15NO2. The van der Waals surface area contributed by atoms with Crippen molar-refractivity contribution in [1.29, 1.82) is 0 Å². The Balaban J connectivity index is 1.81. The Labute approximate surface area is 94.4 Å². The molecule has 1 aliphatic rings. The molecule has 0 aliphatic carbocycles. The number of rotatable bonds is 3. The van der Waals surface area contributed by atoms with Crippen LogP contribution in [0.15, 0.2) is 34.7 Å². The summed E-state index contributed by atoms with van der Waals surface area (Å²) in [5, 5.41) is 4.64. The predicted molar refractivity (Wildman–Crippen MR) is 62.4 cm³/mol. The van der Waals surface area contributed by atoms with Gasteiger partial charge >= 0.3 is 0 Å². The van der Waals surface area contributed by atoms with Gasteiger partial charge in [0.05, 0.1) is 25.3 Å². The molecule has 0 radical (unpaired) electrons. The van der Waals surface area contributed by atoms with E-state index >= 15 is 0 Å². The molecular weight excluding hydrogens is 202 g/mol. The van der Waals surface area contributed by atoms with Crippen LogP contribution in [0.1, 0.15) is 18.7 Å². The fourth-order valence-corrected chi connectivity index (χ4v) is 1.98. The molecule has 1 N–H and O–H groups in total. The number of hydrogen-bond donors (Lipinski definition) is 1. The maximum absolute atomic E-state index is 5.80. The zero-order chi connectivity index (χ0) is 11.0. The summed E-state index contributed by atoms with van der Waals surface area (Å²) in [6.07, 6.45) is 0. The first-order valence-electron chi connectivity index (χ1n) is 5.65. The summed E-state index contributed by atoms with van der Waals surface area (Å²) in [5.74, 6) is 0.994. The summed E-state index contributed by atoms with van der Waals surface area (Å²) in [6, 6.07) is 10.9. The molecule has 1 unspecified atom stereocenters. The zero-order valence-electron chi connectivity index (χ0n) is 9.27. The quantitative estimate of drug-likeness (QED) is 0.857. The molecule has 2 heterocycles. The first-order chi connectivity index (χ1) is 7.83. The molecule has 0 saturated carbocycles. The number of ether oxygens (including phenoxy) is 1. The minimum atomic E-state index is 0.237. The maximum atomic E-state index is 5.80. The Morgan fingerprint density at radius 3 is 2.81 bits per heavy atom. The molecule has 1 atom stereocenters. The topological polar surface area (TPSA) is 34.4 Å². The van der Waals surface area contributed by atoms with Gasteiger partial charge in [0.25, 0.3) is 0 Å². The van der Waals surface area contributed by atoms with Gasteiger partial charge in [-0.15, -0.1) is 0 Å². The zero-order valence-corrected chi connectivity index (χ0v) is 9.27. The summed E-state index contributed by atoms with van der Waals surface area (Å²) in [7, 11) is 0. The highest BCUT2D eigenvalue weighted by molar-refractivity contribution is 5.77. The highest BCUT2D eigenvalue weighted by Gasteiger charge is 2.22. The number of para-hydroxylation sites is 1. The first kappa shape index (κ1) is 9.87. The molecule has 3 nitrogen and oxygen atoms in total. The van der Waals surface area contributed by atoms with Crippen molar-refractivity contribution >= 4 is 11.0 Å². The van der Waals surface area contributed by atoms with Gasteiger partial charge in [-0.05, 0) is 19.1 Å². The van der Waals surface area contributed by atoms with E-state index in [1.54, 1.807) is 0 Å². The van der Waals surface area contributed by atoms with Crippen LogP contribution in [0, 0.1) is 0 Å². The molecule has 0 bridgehead atoms. The van der Waals surface area contributed by atoms with E-state index in [4.69, 9.17) is 9.15 Å². The van der Waals surface area contributed by atoms with Crippen molar-refractivity contribution in [3.05, 3.63) is 36.1 Å². The smallest absolute Gasteiger partial charge is 0.134 e. The molecule has 0 spiro atoms. The van der Waals surface area contributed by atoms with Crippen molar-refractivity contribution in [2.45, 2.75) is 19.0 Å². The summed E-state index contributed by atoms with van der Waals surface area (Å²) in [6.45, 7) is 3.74. The summed E-state index contributed by atoms with van der Waals surface area (Å²) < 4.78 is 10.9. The molecule has 3 rings (SSSR count). The van der Waals surface area contributed by atoms with Crippen LogP contribution in [0.5, 0.6) is 0 Å². The second-order valence-electron chi connectivity index (χ2n) is 4.31. The van der Waals surface area contributed by atoms with Gasteiger partial charge in [-0.2, -0.15) is 0 Å². The van der Waals surface area contributed by atoms with Crippen LogP contribution in [0.4, 0.5) is 0 Å². The standard InChI is InChI=1S/C13H15NO2/c1-9(14-11-7-15-8-11)13-6-10-4-2-3-5-12(10)16-13/h2-6,9,11,14H,7-8H2,1H3. The molecule has 1 aliphatic heterocycles. The van der Waals surface area contributed by atoms with E-state index in [0.717, 1.165) is 29.9 Å². The van der Waals surface area contributed by atoms with E-state index in [-0.39, 0.29) is 6.04 Å². The minimum Gasteiger partial charge on any atom is -0.459 e. The molecule has 1 fully saturated rings. The Morgan fingerprint density at radius 1 is 1.31 bits per heavy atom. The van der Waals surface area contributed by atoms with E-state index in [1.165, 1.54) is 0 Å². The van der Waals surface area contributed by atoms with Crippen LogP contribution < -0.4 is 5.32 Å². The van der Waals surface area contributed by atoms with Crippen molar-refractivity contribution < 1.29 is 9.15 Å². The fourth-order valence-electron chi connectivity index (χ4n) is 1.98. The van der Waals surface area contributed by atoms with Crippen LogP contribution in [-0.2, 0) is 4.74 Å². The highest BCUT2D eigenvalue weighted by atomic mass is 16.5. The lowest BCUT2D eigenvalue weighted by Gasteiger charge is -2.29. The second-order valence-corrected chi connectivity index (χ2v) is 4.31. The normalized spacial score (nSPS) is 18.6. The van der Waals surface area contributed by atoms with Gasteiger partial charge in [-0.3, -0.25) is 0 Å². The third-order valence-corrected chi connectivity index (χ3v) is 3.00. The van der Waals surface area contributed by atoms with Crippen LogP contribution in [0.3, 0.4) is 0 Å². The first-order valence-corrected chi connectivity index (χ1v) is 5.65. The van der Waals surface area contributed by atoms with Crippen molar-refractivity contribution in [3.63, 3.8) is 0 Å². The minimum absolute atomic E-state index is 0.237. The van der Waals surface area contributed by atoms with Crippen molar-refractivity contribution in [1.82, 2.24) is 5.32 Å². The Hall–Kier alpha value is -1.32. The molecule has 2 aromatic rings. The van der Waals surface area contributed by atoms with Gasteiger partial charge in [0, 0.05) is 5.39 Å². The number of nitrogens with one attached hydrogen (secondary N) is 1. The van der Waals surface area contributed by atoms with Crippen molar-refractivity contribution in [2.24, 2.45) is 0 Å². The molecule has 1 aromatic carbocycles. The third kappa shape index (κ3) is 1.72. The van der Waals surface area contributed by atoms with E-state index in [1.807, 2.05) is 18.2 Å². The average Bonchev–Trinajstić information content (AvgIpc) is 2.66. The molecule has 1 aromatic heterocycles. The predicted octanol–water partition coefficient (Wildman–Crippen LogP) is 2.48. The average molecular weight is 217 g/mol. The fraction of sp³-hybridized carbons (Fsp3) is 0.385. The van der Waals surface area contributed by atoms with E-state index in [0.29, 0.717) is 6.04 Å². The van der Waals surface area contributed by atoms with Crippen molar-refractivity contribution in [2.75, 3.05) is 13.2 Å². The van der Waals surface area contributed by atoms with Crippen LogP contribution in [-0.4, -0.2) is 19.3 Å². The lowest BCUT2D eigenvalue weighted by molar-refractivity contribution is -0.0101. The van der Waals surface area contributed by atoms with Gasteiger partial charge in [0.1, 0.15) is 11.3 Å². The molecule has 84 valence electrons. The number of hydrogen-bond acceptors (Lipinski definition) is 3. The Kier molecular flexibility index (Phi) is 2.42. The van der Waals surface area contributed by atoms with E-state index in [2.05, 4.69) is 24.4 Å². The highest BCUT2D eigenvalue weighted by Crippen LogP contribution is 2.24. The summed E-state index contributed by atoms with van der Waals surface area (Å²) in [4.78, 5) is 0. The van der Waals surface area contributed by atoms with E-state index < -0.39 is 0 Å². The molecule has 1 saturated heterocycles. The Morgan fingerprint density at radius 2 is 2.12 bits per heavy atom. The molecule has 0 amide bonds. The van der Waals surface area contributed by atoms with Gasteiger partial charge in [0.2, 0.25) is 0 Å². The van der Waals surface area contributed by atoms with Gasteiger partial charge in [-0.1, -0.05) is 18.2 Å². The SMILES string of the molecule is CC(NC1COC1)c1cc2ccccc2o1. The lowest BCUT2D eigenvalue weighted by Crippen LogP contribution is -2.46. The largest absolute Gasteiger partial charge is 0.459 e. The number of fused-ring (bicyclic) bond motifs is 1. The Bertz CT molecular complexity index is 454. The third-order valence-electron chi connectivity index (χ3n) is 3.00. The summed E-state index contributed by atoms with van der Waals surface area (Å²) >= 11 is 0. The van der Waals surface area contributed by atoms with Crippen molar-refractivity contribution in [3.8, 4) is 0 Å². The summed E-state index contributed by atoms with van der Waals surface area (Å²) in [5.41, 5.74) is 0.955. The molecule has 3 heteroatoms. The molecule has 16 heavy (non-hydrogen) atoms.